The molecule has 1 aromatic rings. The van der Waals surface area contributed by atoms with E-state index in [4.69, 9.17) is 14.6 Å². The molecule has 0 spiro atoms. The van der Waals surface area contributed by atoms with E-state index in [9.17, 15) is 8.42 Å². The molecule has 0 atom stereocenters. The van der Waals surface area contributed by atoms with Crippen molar-refractivity contribution in [1.29, 1.82) is 0 Å². The van der Waals surface area contributed by atoms with Gasteiger partial charge >= 0.3 is 0 Å². The molecule has 20 heavy (non-hydrogen) atoms. The SMILES string of the molecule is Cc1cccc(OCC2(CS(N)(=O)=O)CCOCC2)c1. The van der Waals surface area contributed by atoms with Gasteiger partial charge in [-0.3, -0.25) is 0 Å². The third kappa shape index (κ3) is 4.47. The third-order valence-electron chi connectivity index (χ3n) is 3.60. The molecule has 112 valence electrons. The minimum atomic E-state index is -3.53. The van der Waals surface area contributed by atoms with Gasteiger partial charge in [-0.05, 0) is 37.5 Å². The first kappa shape index (κ1) is 15.3. The number of nitrogens with two attached hydrogens (primary N) is 1. The van der Waals surface area contributed by atoms with E-state index in [0.29, 0.717) is 32.7 Å². The van der Waals surface area contributed by atoms with Gasteiger partial charge in [0.1, 0.15) is 5.75 Å². The van der Waals surface area contributed by atoms with E-state index in [-0.39, 0.29) is 5.75 Å². The molecule has 1 aliphatic rings. The number of ether oxygens (including phenoxy) is 2. The molecular weight excluding hydrogens is 278 g/mol. The molecular formula is C14H21NO4S. The molecule has 1 heterocycles. The molecule has 6 heteroatoms. The van der Waals surface area contributed by atoms with E-state index >= 15 is 0 Å². The highest BCUT2D eigenvalue weighted by molar-refractivity contribution is 7.89. The number of sulfonamides is 1. The van der Waals surface area contributed by atoms with Crippen LogP contribution in [0.2, 0.25) is 0 Å². The summed E-state index contributed by atoms with van der Waals surface area (Å²) in [5.74, 6) is 0.695. The van der Waals surface area contributed by atoms with Gasteiger partial charge in [0.15, 0.2) is 0 Å². The van der Waals surface area contributed by atoms with E-state index in [2.05, 4.69) is 0 Å². The van der Waals surface area contributed by atoms with Crippen LogP contribution in [0.3, 0.4) is 0 Å². The predicted molar refractivity (Wildman–Crippen MR) is 77.1 cm³/mol. The molecule has 0 unspecified atom stereocenters. The second-order valence-electron chi connectivity index (χ2n) is 5.52. The first-order valence-corrected chi connectivity index (χ1v) is 8.38. The maximum Gasteiger partial charge on any atom is 0.209 e. The maximum atomic E-state index is 11.5. The van der Waals surface area contributed by atoms with E-state index in [1.165, 1.54) is 0 Å². The highest BCUT2D eigenvalue weighted by Crippen LogP contribution is 2.32. The number of benzene rings is 1. The number of aryl methyl sites for hydroxylation is 1. The van der Waals surface area contributed by atoms with E-state index in [1.807, 2.05) is 31.2 Å². The average Bonchev–Trinajstić information content (AvgIpc) is 2.36. The summed E-state index contributed by atoms with van der Waals surface area (Å²) in [7, 11) is -3.53. The van der Waals surface area contributed by atoms with Gasteiger partial charge in [0.2, 0.25) is 10.0 Å². The number of primary sulfonamides is 1. The smallest absolute Gasteiger partial charge is 0.209 e. The Balaban J connectivity index is 2.08. The minimum Gasteiger partial charge on any atom is -0.493 e. The number of rotatable bonds is 5. The molecule has 1 saturated heterocycles. The zero-order chi connectivity index (χ0) is 14.6. The zero-order valence-electron chi connectivity index (χ0n) is 11.7. The highest BCUT2D eigenvalue weighted by atomic mass is 32.2. The molecule has 0 aromatic heterocycles. The van der Waals surface area contributed by atoms with Gasteiger partial charge in [-0.2, -0.15) is 0 Å². The molecule has 2 rings (SSSR count). The van der Waals surface area contributed by atoms with Gasteiger partial charge < -0.3 is 9.47 Å². The lowest BCUT2D eigenvalue weighted by Crippen LogP contribution is -2.42. The molecule has 1 fully saturated rings. The van der Waals surface area contributed by atoms with E-state index < -0.39 is 15.4 Å². The van der Waals surface area contributed by atoms with Crippen molar-refractivity contribution in [3.8, 4) is 5.75 Å². The van der Waals surface area contributed by atoms with E-state index in [1.54, 1.807) is 0 Å². The van der Waals surface area contributed by atoms with Gasteiger partial charge in [0, 0.05) is 18.6 Å². The monoisotopic (exact) mass is 299 g/mol. The number of hydrogen-bond acceptors (Lipinski definition) is 4. The van der Waals surface area contributed by atoms with Crippen molar-refractivity contribution in [2.24, 2.45) is 10.6 Å². The Bertz CT molecular complexity index is 550. The van der Waals surface area contributed by atoms with Crippen molar-refractivity contribution in [1.82, 2.24) is 0 Å². The lowest BCUT2D eigenvalue weighted by molar-refractivity contribution is 0.00208. The molecule has 5 nitrogen and oxygen atoms in total. The summed E-state index contributed by atoms with van der Waals surface area (Å²) in [4.78, 5) is 0. The Morgan fingerprint density at radius 3 is 2.65 bits per heavy atom. The Labute approximate surface area is 120 Å². The van der Waals surface area contributed by atoms with Crippen molar-refractivity contribution in [3.63, 3.8) is 0 Å². The molecule has 1 aromatic carbocycles. The molecule has 0 amide bonds. The second kappa shape index (κ2) is 6.11. The van der Waals surface area contributed by atoms with Crippen LogP contribution in [0.1, 0.15) is 18.4 Å². The fraction of sp³-hybridized carbons (Fsp3) is 0.571. The van der Waals surface area contributed by atoms with Gasteiger partial charge in [0.05, 0.1) is 12.4 Å². The van der Waals surface area contributed by atoms with Crippen LogP contribution < -0.4 is 9.88 Å². The van der Waals surface area contributed by atoms with Crippen LogP contribution in [-0.2, 0) is 14.8 Å². The average molecular weight is 299 g/mol. The Kier molecular flexibility index (Phi) is 4.67. The lowest BCUT2D eigenvalue weighted by atomic mass is 9.83. The van der Waals surface area contributed by atoms with Crippen molar-refractivity contribution in [3.05, 3.63) is 29.8 Å². The normalized spacial score (nSPS) is 18.7. The molecule has 0 aliphatic carbocycles. The van der Waals surface area contributed by atoms with Gasteiger partial charge in [-0.15, -0.1) is 0 Å². The first-order valence-electron chi connectivity index (χ1n) is 6.66. The third-order valence-corrected chi connectivity index (χ3v) is 4.61. The Hall–Kier alpha value is -1.11. The van der Waals surface area contributed by atoms with Crippen LogP contribution in [0, 0.1) is 12.3 Å². The maximum absolute atomic E-state index is 11.5. The first-order chi connectivity index (χ1) is 9.39. The van der Waals surface area contributed by atoms with Crippen LogP contribution in [0.15, 0.2) is 24.3 Å². The quantitative estimate of drug-likeness (QED) is 0.892. The second-order valence-corrected chi connectivity index (χ2v) is 7.14. The summed E-state index contributed by atoms with van der Waals surface area (Å²) in [5.41, 5.74) is 0.658. The van der Waals surface area contributed by atoms with Crippen LogP contribution in [0.5, 0.6) is 5.75 Å². The highest BCUT2D eigenvalue weighted by Gasteiger charge is 2.37. The Morgan fingerprint density at radius 2 is 2.05 bits per heavy atom. The lowest BCUT2D eigenvalue weighted by Gasteiger charge is -2.36. The fourth-order valence-electron chi connectivity index (χ4n) is 2.50. The molecule has 0 radical (unpaired) electrons. The van der Waals surface area contributed by atoms with E-state index in [0.717, 1.165) is 11.3 Å². The molecule has 0 bridgehead atoms. The topological polar surface area (TPSA) is 78.6 Å². The van der Waals surface area contributed by atoms with Crippen molar-refractivity contribution in [2.75, 3.05) is 25.6 Å². The summed E-state index contributed by atoms with van der Waals surface area (Å²) in [6.45, 7) is 3.43. The Morgan fingerprint density at radius 1 is 1.35 bits per heavy atom. The van der Waals surface area contributed by atoms with Gasteiger partial charge in [0.25, 0.3) is 0 Å². The standard InChI is InChI=1S/C14H21NO4S/c1-12-3-2-4-13(9-12)19-10-14(11-20(15,16)17)5-7-18-8-6-14/h2-4,9H,5-8,10-11H2,1H3,(H2,15,16,17). The number of hydrogen-bond donors (Lipinski definition) is 1. The molecule has 1 aliphatic heterocycles. The molecule has 2 N–H and O–H groups in total. The summed E-state index contributed by atoms with van der Waals surface area (Å²) in [6.07, 6.45) is 1.30. The predicted octanol–water partition coefficient (Wildman–Crippen LogP) is 1.46. The van der Waals surface area contributed by atoms with Crippen LogP contribution in [0.25, 0.3) is 0 Å². The van der Waals surface area contributed by atoms with Crippen molar-refractivity contribution >= 4 is 10.0 Å². The van der Waals surface area contributed by atoms with Crippen LogP contribution >= 0.6 is 0 Å². The minimum absolute atomic E-state index is 0.0603. The van der Waals surface area contributed by atoms with Gasteiger partial charge in [-0.1, -0.05) is 12.1 Å². The van der Waals surface area contributed by atoms with Crippen LogP contribution in [-0.4, -0.2) is 34.0 Å². The largest absolute Gasteiger partial charge is 0.493 e. The summed E-state index contributed by atoms with van der Waals surface area (Å²) >= 11 is 0. The van der Waals surface area contributed by atoms with Crippen molar-refractivity contribution < 1.29 is 17.9 Å². The molecule has 0 saturated carbocycles. The zero-order valence-corrected chi connectivity index (χ0v) is 12.5. The van der Waals surface area contributed by atoms with Crippen molar-refractivity contribution in [2.45, 2.75) is 19.8 Å². The fourth-order valence-corrected chi connectivity index (χ4v) is 3.73. The summed E-state index contributed by atoms with van der Waals surface area (Å²) in [6, 6.07) is 7.71. The summed E-state index contributed by atoms with van der Waals surface area (Å²) < 4.78 is 34.0. The van der Waals surface area contributed by atoms with Gasteiger partial charge in [-0.25, -0.2) is 13.6 Å². The summed E-state index contributed by atoms with van der Waals surface area (Å²) in [5, 5.41) is 5.22. The van der Waals surface area contributed by atoms with Crippen LogP contribution in [0.4, 0.5) is 0 Å².